The van der Waals surface area contributed by atoms with Crippen molar-refractivity contribution >= 4 is 29.4 Å². The van der Waals surface area contributed by atoms with Crippen LogP contribution >= 0.6 is 0 Å². The third kappa shape index (κ3) is 5.46. The number of rotatable bonds is 5. The van der Waals surface area contributed by atoms with E-state index in [0.29, 0.717) is 5.69 Å². The Hall–Kier alpha value is -3.15. The summed E-state index contributed by atoms with van der Waals surface area (Å²) in [6.45, 7) is 2.05. The quantitative estimate of drug-likeness (QED) is 0.499. The first-order valence-electron chi connectivity index (χ1n) is 8.00. The molecular weight excluding hydrogens is 316 g/mol. The normalized spacial score (nSPS) is 10.5. The van der Waals surface area contributed by atoms with Gasteiger partial charge in [-0.15, -0.1) is 0 Å². The molecule has 0 spiro atoms. The number of hydrogen-bond donors (Lipinski definition) is 2. The molecule has 2 rings (SSSR count). The first-order valence-corrected chi connectivity index (χ1v) is 8.00. The summed E-state index contributed by atoms with van der Waals surface area (Å²) in [5.41, 5.74) is 5.83. The van der Waals surface area contributed by atoms with E-state index in [2.05, 4.69) is 15.8 Å². The van der Waals surface area contributed by atoms with Gasteiger partial charge in [0.2, 0.25) is 0 Å². The number of carbonyl (C=O) groups excluding carboxylic acids is 2. The predicted octanol–water partition coefficient (Wildman–Crippen LogP) is 2.40. The van der Waals surface area contributed by atoms with Crippen LogP contribution in [0.15, 0.2) is 53.6 Å². The average Bonchev–Trinajstić information content (AvgIpc) is 2.62. The van der Waals surface area contributed by atoms with E-state index in [9.17, 15) is 9.59 Å². The molecule has 0 atom stereocenters. The fourth-order valence-corrected chi connectivity index (χ4v) is 2.09. The SMILES string of the molecule is CCc1ccc(NC(=O)C(=O)NN=Cc2ccc(N(C)C)cc2)cc1. The Bertz CT molecular complexity index is 750. The van der Waals surface area contributed by atoms with Crippen molar-refractivity contribution in [1.82, 2.24) is 5.43 Å². The van der Waals surface area contributed by atoms with E-state index in [-0.39, 0.29) is 0 Å². The van der Waals surface area contributed by atoms with Gasteiger partial charge in [0.25, 0.3) is 0 Å². The lowest BCUT2D eigenvalue weighted by Crippen LogP contribution is -2.32. The summed E-state index contributed by atoms with van der Waals surface area (Å²) >= 11 is 0. The van der Waals surface area contributed by atoms with Crippen LogP contribution in [0.1, 0.15) is 18.1 Å². The average molecular weight is 338 g/mol. The van der Waals surface area contributed by atoms with Crippen molar-refractivity contribution in [3.05, 3.63) is 59.7 Å². The van der Waals surface area contributed by atoms with Crippen LogP contribution in [0.4, 0.5) is 11.4 Å². The molecule has 2 N–H and O–H groups in total. The number of hydrogen-bond acceptors (Lipinski definition) is 4. The molecule has 0 unspecified atom stereocenters. The number of aryl methyl sites for hydroxylation is 1. The van der Waals surface area contributed by atoms with Crippen LogP contribution in [0.2, 0.25) is 0 Å². The van der Waals surface area contributed by atoms with E-state index in [1.807, 2.05) is 62.3 Å². The molecule has 0 aliphatic heterocycles. The minimum Gasteiger partial charge on any atom is -0.378 e. The van der Waals surface area contributed by atoms with Crippen molar-refractivity contribution in [1.29, 1.82) is 0 Å². The van der Waals surface area contributed by atoms with Gasteiger partial charge < -0.3 is 10.2 Å². The lowest BCUT2D eigenvalue weighted by Gasteiger charge is -2.11. The Morgan fingerprint density at radius 3 is 2.20 bits per heavy atom. The molecule has 0 saturated heterocycles. The summed E-state index contributed by atoms with van der Waals surface area (Å²) in [6.07, 6.45) is 2.40. The monoisotopic (exact) mass is 338 g/mol. The molecule has 0 aromatic heterocycles. The Balaban J connectivity index is 1.86. The standard InChI is InChI=1S/C19H22N4O2/c1-4-14-5-9-16(10-6-14)21-18(24)19(25)22-20-13-15-7-11-17(12-8-15)23(2)3/h5-13H,4H2,1-3H3,(H,21,24)(H,22,25). The van der Waals surface area contributed by atoms with E-state index >= 15 is 0 Å². The zero-order valence-electron chi connectivity index (χ0n) is 14.6. The number of benzene rings is 2. The van der Waals surface area contributed by atoms with E-state index in [1.54, 1.807) is 12.1 Å². The summed E-state index contributed by atoms with van der Waals surface area (Å²) < 4.78 is 0. The minimum atomic E-state index is -0.819. The highest BCUT2D eigenvalue weighted by molar-refractivity contribution is 6.39. The number of hydrazone groups is 1. The van der Waals surface area contributed by atoms with Gasteiger partial charge in [-0.1, -0.05) is 31.2 Å². The van der Waals surface area contributed by atoms with Crippen LogP contribution in [-0.2, 0) is 16.0 Å². The number of nitrogens with zero attached hydrogens (tertiary/aromatic N) is 2. The smallest absolute Gasteiger partial charge is 0.329 e. The second-order valence-electron chi connectivity index (χ2n) is 5.69. The molecule has 0 radical (unpaired) electrons. The third-order valence-corrected chi connectivity index (χ3v) is 3.62. The molecule has 0 aliphatic carbocycles. The van der Waals surface area contributed by atoms with Crippen LogP contribution in [0.5, 0.6) is 0 Å². The van der Waals surface area contributed by atoms with E-state index in [0.717, 1.165) is 23.2 Å². The third-order valence-electron chi connectivity index (χ3n) is 3.62. The molecule has 130 valence electrons. The van der Waals surface area contributed by atoms with Crippen LogP contribution in [-0.4, -0.2) is 32.1 Å². The fourth-order valence-electron chi connectivity index (χ4n) is 2.09. The number of amides is 2. The predicted molar refractivity (Wildman–Crippen MR) is 101 cm³/mol. The summed E-state index contributed by atoms with van der Waals surface area (Å²) in [7, 11) is 3.91. The zero-order chi connectivity index (χ0) is 18.2. The first kappa shape index (κ1) is 18.2. The van der Waals surface area contributed by atoms with Gasteiger partial charge >= 0.3 is 11.8 Å². The zero-order valence-corrected chi connectivity index (χ0v) is 14.6. The second kappa shape index (κ2) is 8.63. The summed E-state index contributed by atoms with van der Waals surface area (Å²) in [4.78, 5) is 25.6. The van der Waals surface area contributed by atoms with Gasteiger partial charge in [-0.3, -0.25) is 9.59 Å². The molecule has 2 aromatic carbocycles. The lowest BCUT2D eigenvalue weighted by molar-refractivity contribution is -0.136. The molecule has 6 nitrogen and oxygen atoms in total. The van der Waals surface area contributed by atoms with Crippen molar-refractivity contribution < 1.29 is 9.59 Å². The second-order valence-corrected chi connectivity index (χ2v) is 5.69. The van der Waals surface area contributed by atoms with Gasteiger partial charge in [-0.2, -0.15) is 5.10 Å². The van der Waals surface area contributed by atoms with E-state index < -0.39 is 11.8 Å². The molecule has 6 heteroatoms. The van der Waals surface area contributed by atoms with Gasteiger partial charge in [0.15, 0.2) is 0 Å². The maximum absolute atomic E-state index is 11.8. The highest BCUT2D eigenvalue weighted by atomic mass is 16.2. The van der Waals surface area contributed by atoms with Crippen molar-refractivity contribution in [2.75, 3.05) is 24.3 Å². The fraction of sp³-hybridized carbons (Fsp3) is 0.211. The van der Waals surface area contributed by atoms with Gasteiger partial charge in [-0.25, -0.2) is 5.43 Å². The Morgan fingerprint density at radius 1 is 1.00 bits per heavy atom. The molecular formula is C19H22N4O2. The molecule has 0 saturated carbocycles. The molecule has 0 heterocycles. The molecule has 2 amide bonds. The molecule has 25 heavy (non-hydrogen) atoms. The van der Waals surface area contributed by atoms with E-state index in [4.69, 9.17) is 0 Å². The van der Waals surface area contributed by atoms with Crippen LogP contribution in [0, 0.1) is 0 Å². The first-order chi connectivity index (χ1) is 12.0. The Morgan fingerprint density at radius 2 is 1.64 bits per heavy atom. The van der Waals surface area contributed by atoms with Gasteiger partial charge in [0.1, 0.15) is 0 Å². The van der Waals surface area contributed by atoms with Crippen LogP contribution < -0.4 is 15.6 Å². The number of anilines is 2. The highest BCUT2D eigenvalue weighted by Gasteiger charge is 2.12. The van der Waals surface area contributed by atoms with Crippen molar-refractivity contribution in [3.8, 4) is 0 Å². The van der Waals surface area contributed by atoms with Gasteiger partial charge in [0.05, 0.1) is 6.21 Å². The molecule has 0 bridgehead atoms. The summed E-state index contributed by atoms with van der Waals surface area (Å²) in [5, 5.41) is 6.34. The van der Waals surface area contributed by atoms with Gasteiger partial charge in [0, 0.05) is 25.5 Å². The van der Waals surface area contributed by atoms with E-state index in [1.165, 1.54) is 6.21 Å². The molecule has 0 fully saturated rings. The minimum absolute atomic E-state index is 0.570. The van der Waals surface area contributed by atoms with Gasteiger partial charge in [-0.05, 0) is 41.8 Å². The molecule has 0 aliphatic rings. The van der Waals surface area contributed by atoms with Crippen LogP contribution in [0.25, 0.3) is 0 Å². The Kier molecular flexibility index (Phi) is 6.28. The number of carbonyl (C=O) groups is 2. The summed E-state index contributed by atoms with van der Waals surface area (Å²) in [6, 6.07) is 15.0. The molecule has 2 aromatic rings. The maximum atomic E-state index is 11.8. The lowest BCUT2D eigenvalue weighted by atomic mass is 10.1. The largest absolute Gasteiger partial charge is 0.378 e. The van der Waals surface area contributed by atoms with Crippen molar-refractivity contribution in [2.24, 2.45) is 5.10 Å². The maximum Gasteiger partial charge on any atom is 0.329 e. The van der Waals surface area contributed by atoms with Crippen molar-refractivity contribution in [3.63, 3.8) is 0 Å². The Labute approximate surface area is 147 Å². The topological polar surface area (TPSA) is 73.8 Å². The van der Waals surface area contributed by atoms with Crippen molar-refractivity contribution in [2.45, 2.75) is 13.3 Å². The van der Waals surface area contributed by atoms with Crippen LogP contribution in [0.3, 0.4) is 0 Å². The highest BCUT2D eigenvalue weighted by Crippen LogP contribution is 2.11. The number of nitrogens with one attached hydrogen (secondary N) is 2. The summed E-state index contributed by atoms with van der Waals surface area (Å²) in [5.74, 6) is -1.58.